The predicted molar refractivity (Wildman–Crippen MR) is 92.5 cm³/mol. The number of nitrogens with two attached hydrogens (primary N) is 1. The Balaban J connectivity index is 2.03. The van der Waals surface area contributed by atoms with Crippen LogP contribution in [0, 0.1) is 0 Å². The average molecular weight is 381 g/mol. The van der Waals surface area contributed by atoms with Crippen molar-refractivity contribution in [3.05, 3.63) is 42.5 Å². The summed E-state index contributed by atoms with van der Waals surface area (Å²) < 4.78 is 26.7. The highest BCUT2D eigenvalue weighted by Crippen LogP contribution is 2.12. The first kappa shape index (κ1) is 19.4. The van der Waals surface area contributed by atoms with Crippen molar-refractivity contribution < 1.29 is 23.1 Å². The quantitative estimate of drug-likeness (QED) is 0.383. The number of aliphatic carboxylic acids is 1. The third-order valence-corrected chi connectivity index (χ3v) is 5.07. The number of rotatable bonds is 8. The van der Waals surface area contributed by atoms with Crippen molar-refractivity contribution in [3.8, 4) is 0 Å². The van der Waals surface area contributed by atoms with Gasteiger partial charge in [0, 0.05) is 24.0 Å². The Hall–Kier alpha value is -2.92. The maximum Gasteiger partial charge on any atom is 0.326 e. The maximum atomic E-state index is 12.3. The van der Waals surface area contributed by atoms with Crippen molar-refractivity contribution in [1.82, 2.24) is 20.0 Å². The molecule has 1 aromatic heterocycles. The van der Waals surface area contributed by atoms with Crippen LogP contribution < -0.4 is 15.8 Å². The molecule has 10 nitrogen and oxygen atoms in total. The molecule has 1 heterocycles. The molecule has 0 saturated carbocycles. The summed E-state index contributed by atoms with van der Waals surface area (Å²) >= 11 is 0. The van der Waals surface area contributed by atoms with Crippen LogP contribution in [0.15, 0.2) is 41.7 Å². The van der Waals surface area contributed by atoms with Crippen LogP contribution >= 0.6 is 0 Å². The number of amides is 1. The summed E-state index contributed by atoms with van der Waals surface area (Å²) in [6.07, 6.45) is 2.81. The minimum Gasteiger partial charge on any atom is -0.480 e. The number of aromatic nitrogens is 2. The molecule has 140 valence electrons. The van der Waals surface area contributed by atoms with E-state index < -0.39 is 34.0 Å². The second-order valence-corrected chi connectivity index (χ2v) is 7.31. The molecule has 0 bridgehead atoms. The zero-order chi connectivity index (χ0) is 19.3. The van der Waals surface area contributed by atoms with Crippen LogP contribution in [0.2, 0.25) is 0 Å². The molecule has 26 heavy (non-hydrogen) atoms. The molecule has 1 amide bonds. The molecule has 1 aromatic carbocycles. The molecule has 0 radical (unpaired) electrons. The Labute approximate surface area is 149 Å². The Morgan fingerprint density at radius 2 is 1.96 bits per heavy atom. The van der Waals surface area contributed by atoms with Crippen LogP contribution in [0.25, 0.3) is 0 Å². The number of nitrogens with zero attached hydrogens (tertiary/aromatic N) is 1. The smallest absolute Gasteiger partial charge is 0.326 e. The van der Waals surface area contributed by atoms with E-state index in [0.29, 0.717) is 11.4 Å². The molecular weight excluding hydrogens is 362 g/mol. The van der Waals surface area contributed by atoms with Crippen molar-refractivity contribution in [2.24, 2.45) is 0 Å². The minimum absolute atomic E-state index is 0.0154. The van der Waals surface area contributed by atoms with Crippen molar-refractivity contribution in [2.75, 3.05) is 5.73 Å². The summed E-state index contributed by atoms with van der Waals surface area (Å²) in [6, 6.07) is 3.04. The zero-order valence-corrected chi connectivity index (χ0v) is 14.7. The lowest BCUT2D eigenvalue weighted by Gasteiger charge is -2.18. The van der Waals surface area contributed by atoms with Crippen molar-refractivity contribution in [3.63, 3.8) is 0 Å². The van der Waals surface area contributed by atoms with Crippen LogP contribution in [0.4, 0.5) is 5.69 Å². The number of hydrogen-bond acceptors (Lipinski definition) is 6. The fourth-order valence-corrected chi connectivity index (χ4v) is 3.32. The van der Waals surface area contributed by atoms with E-state index in [1.54, 1.807) is 0 Å². The number of carbonyl (C=O) groups is 2. The van der Waals surface area contributed by atoms with E-state index >= 15 is 0 Å². The van der Waals surface area contributed by atoms with Gasteiger partial charge in [-0.1, -0.05) is 0 Å². The number of imidazole rings is 1. The van der Waals surface area contributed by atoms with Crippen molar-refractivity contribution in [2.45, 2.75) is 30.3 Å². The van der Waals surface area contributed by atoms with Gasteiger partial charge in [-0.2, -0.15) is 4.72 Å². The largest absolute Gasteiger partial charge is 0.480 e. The molecule has 11 heteroatoms. The lowest BCUT2D eigenvalue weighted by atomic mass is 10.1. The van der Waals surface area contributed by atoms with Crippen LogP contribution in [-0.4, -0.2) is 47.5 Å². The normalized spacial score (nSPS) is 13.7. The minimum atomic E-state index is -3.96. The summed E-state index contributed by atoms with van der Waals surface area (Å²) in [6.45, 7) is 1.32. The van der Waals surface area contributed by atoms with Gasteiger partial charge in [0.05, 0.1) is 17.3 Å². The van der Waals surface area contributed by atoms with Crippen molar-refractivity contribution >= 4 is 27.6 Å². The molecule has 0 spiro atoms. The first-order valence-corrected chi connectivity index (χ1v) is 9.05. The average Bonchev–Trinajstić information content (AvgIpc) is 3.07. The SMILES string of the molecule is C[C@H](NS(=O)(=O)c1ccc(N)cc1)C(=O)N[C@@H](Cc1cnc[nH]1)C(=O)O. The van der Waals surface area contributed by atoms with Gasteiger partial charge in [0.15, 0.2) is 0 Å². The molecule has 0 saturated heterocycles. The van der Waals surface area contributed by atoms with Crippen LogP contribution in [-0.2, 0) is 26.0 Å². The van der Waals surface area contributed by atoms with Gasteiger partial charge in [-0.05, 0) is 31.2 Å². The Morgan fingerprint density at radius 3 is 2.50 bits per heavy atom. The number of aromatic amines is 1. The maximum absolute atomic E-state index is 12.3. The van der Waals surface area contributed by atoms with E-state index in [9.17, 15) is 23.1 Å². The predicted octanol–water partition coefficient (Wildman–Crippen LogP) is -0.529. The number of carbonyl (C=O) groups excluding carboxylic acids is 1. The fraction of sp³-hybridized carbons (Fsp3) is 0.267. The molecule has 0 aliphatic heterocycles. The second kappa shape index (κ2) is 7.97. The molecule has 0 fully saturated rings. The summed E-state index contributed by atoms with van der Waals surface area (Å²) in [7, 11) is -3.96. The van der Waals surface area contributed by atoms with Crippen molar-refractivity contribution in [1.29, 1.82) is 0 Å². The number of H-pyrrole nitrogens is 1. The lowest BCUT2D eigenvalue weighted by molar-refractivity contribution is -0.142. The molecule has 2 aromatic rings. The van der Waals surface area contributed by atoms with Gasteiger partial charge >= 0.3 is 5.97 Å². The van der Waals surface area contributed by atoms with Gasteiger partial charge in [-0.3, -0.25) is 4.79 Å². The molecule has 0 aliphatic rings. The number of carboxylic acid groups (broad SMARTS) is 1. The molecule has 2 rings (SSSR count). The van der Waals surface area contributed by atoms with Gasteiger partial charge in [-0.15, -0.1) is 0 Å². The number of nitrogen functional groups attached to an aromatic ring is 1. The lowest BCUT2D eigenvalue weighted by Crippen LogP contribution is -2.51. The van der Waals surface area contributed by atoms with Crippen LogP contribution in [0.5, 0.6) is 0 Å². The van der Waals surface area contributed by atoms with E-state index in [1.807, 2.05) is 0 Å². The molecule has 0 unspecified atom stereocenters. The van der Waals surface area contributed by atoms with Gasteiger partial charge in [0.25, 0.3) is 0 Å². The highest BCUT2D eigenvalue weighted by atomic mass is 32.2. The Bertz CT molecular complexity index is 864. The highest BCUT2D eigenvalue weighted by Gasteiger charge is 2.26. The highest BCUT2D eigenvalue weighted by molar-refractivity contribution is 7.89. The number of hydrogen-bond donors (Lipinski definition) is 5. The standard InChI is InChI=1S/C15H19N5O5S/c1-9(20-26(24,25)12-4-2-10(16)3-5-12)14(21)19-13(15(22)23)6-11-7-17-8-18-11/h2-5,7-9,13,20H,6,16H2,1H3,(H,17,18)(H,19,21)(H,22,23)/t9-,13-/m0/s1. The third-order valence-electron chi connectivity index (χ3n) is 3.51. The number of nitrogens with one attached hydrogen (secondary N) is 3. The van der Waals surface area contributed by atoms with E-state index in [-0.39, 0.29) is 11.3 Å². The van der Waals surface area contributed by atoms with Crippen LogP contribution in [0.1, 0.15) is 12.6 Å². The molecular formula is C15H19N5O5S. The number of carboxylic acids is 1. The molecule has 2 atom stereocenters. The third kappa shape index (κ3) is 5.04. The number of anilines is 1. The molecule has 0 aliphatic carbocycles. The van der Waals surface area contributed by atoms with Gasteiger partial charge < -0.3 is 21.1 Å². The Morgan fingerprint density at radius 1 is 1.31 bits per heavy atom. The first-order chi connectivity index (χ1) is 12.2. The topological polar surface area (TPSA) is 167 Å². The number of sulfonamides is 1. The zero-order valence-electron chi connectivity index (χ0n) is 13.8. The summed E-state index contributed by atoms with van der Waals surface area (Å²) in [5, 5.41) is 11.5. The summed E-state index contributed by atoms with van der Waals surface area (Å²) in [5.74, 6) is -2.02. The van der Waals surface area contributed by atoms with Gasteiger partial charge in [-0.25, -0.2) is 18.2 Å². The number of benzene rings is 1. The van der Waals surface area contributed by atoms with E-state index in [1.165, 1.54) is 43.7 Å². The molecule has 6 N–H and O–H groups in total. The van der Waals surface area contributed by atoms with E-state index in [2.05, 4.69) is 20.0 Å². The first-order valence-electron chi connectivity index (χ1n) is 7.57. The monoisotopic (exact) mass is 381 g/mol. The summed E-state index contributed by atoms with van der Waals surface area (Å²) in [4.78, 5) is 30.0. The fourth-order valence-electron chi connectivity index (χ4n) is 2.11. The van der Waals surface area contributed by atoms with E-state index in [4.69, 9.17) is 5.73 Å². The van der Waals surface area contributed by atoms with E-state index in [0.717, 1.165) is 0 Å². The van der Waals surface area contributed by atoms with Crippen LogP contribution in [0.3, 0.4) is 0 Å². The van der Waals surface area contributed by atoms with Gasteiger partial charge in [0.2, 0.25) is 15.9 Å². The summed E-state index contributed by atoms with van der Waals surface area (Å²) in [5.41, 5.74) is 6.44. The van der Waals surface area contributed by atoms with Gasteiger partial charge in [0.1, 0.15) is 6.04 Å². The Kier molecular flexibility index (Phi) is 5.95. The second-order valence-electron chi connectivity index (χ2n) is 5.59.